The van der Waals surface area contributed by atoms with Crippen LogP contribution in [0.25, 0.3) is 0 Å². The lowest BCUT2D eigenvalue weighted by Crippen LogP contribution is -2.50. The summed E-state index contributed by atoms with van der Waals surface area (Å²) in [7, 11) is 0. The van der Waals surface area contributed by atoms with Crippen LogP contribution in [0.5, 0.6) is 0 Å². The van der Waals surface area contributed by atoms with E-state index in [1.54, 1.807) is 18.2 Å². The summed E-state index contributed by atoms with van der Waals surface area (Å²) in [5, 5.41) is 0. The molecule has 1 atom stereocenters. The Morgan fingerprint density at radius 1 is 1.24 bits per heavy atom. The zero-order chi connectivity index (χ0) is 17.9. The maximum absolute atomic E-state index is 13.1. The third-order valence-electron chi connectivity index (χ3n) is 5.38. The summed E-state index contributed by atoms with van der Waals surface area (Å²) in [5.41, 5.74) is 0.506. The van der Waals surface area contributed by atoms with Crippen LogP contribution in [-0.4, -0.2) is 41.2 Å². The highest BCUT2D eigenvalue weighted by Gasteiger charge is 2.49. The van der Waals surface area contributed by atoms with E-state index in [9.17, 15) is 14.0 Å². The Kier molecular flexibility index (Phi) is 5.21. The Bertz CT molecular complexity index is 658. The fraction of sp³-hybridized carbons (Fsp3) is 0.500. The highest BCUT2D eigenvalue weighted by atomic mass is 19.1. The molecule has 0 radical (unpaired) electrons. The van der Waals surface area contributed by atoms with Gasteiger partial charge in [-0.2, -0.15) is 0 Å². The minimum Gasteiger partial charge on any atom is -0.342 e. The largest absolute Gasteiger partial charge is 0.342 e. The molecule has 2 heterocycles. The molecule has 3 rings (SSSR count). The summed E-state index contributed by atoms with van der Waals surface area (Å²) in [6, 6.07) is 6.30. The lowest BCUT2D eigenvalue weighted by atomic mass is 9.78. The molecule has 2 aliphatic rings. The summed E-state index contributed by atoms with van der Waals surface area (Å²) in [4.78, 5) is 29.1. The quantitative estimate of drug-likeness (QED) is 0.770. The maximum atomic E-state index is 13.1. The van der Waals surface area contributed by atoms with E-state index in [0.717, 1.165) is 31.4 Å². The summed E-state index contributed by atoms with van der Waals surface area (Å²) in [6.07, 6.45) is 5.42. The van der Waals surface area contributed by atoms with Crippen molar-refractivity contribution in [1.29, 1.82) is 0 Å². The molecule has 2 aliphatic heterocycles. The number of likely N-dealkylation sites (tertiary alicyclic amines) is 2. The van der Waals surface area contributed by atoms with E-state index >= 15 is 0 Å². The van der Waals surface area contributed by atoms with Gasteiger partial charge in [-0.1, -0.05) is 18.2 Å². The number of amides is 2. The number of hydrogen-bond acceptors (Lipinski definition) is 2. The van der Waals surface area contributed by atoms with Gasteiger partial charge in [-0.3, -0.25) is 9.59 Å². The number of carbonyl (C=O) groups excluding carboxylic acids is 2. The Balaban J connectivity index is 1.66. The van der Waals surface area contributed by atoms with Gasteiger partial charge in [0.05, 0.1) is 5.41 Å². The van der Waals surface area contributed by atoms with Crippen molar-refractivity contribution in [2.75, 3.05) is 19.6 Å². The summed E-state index contributed by atoms with van der Waals surface area (Å²) >= 11 is 0. The standard InChI is InChI=1S/C20H25FN2O2/c1-2-3-5-18(24)23-13-11-20(15-23)10-4-12-22(19(20)25)14-16-6-8-17(21)9-7-16/h2,6-9H,1,3-5,10-15H2/t20-/m1/s1. The van der Waals surface area contributed by atoms with E-state index in [2.05, 4.69) is 6.58 Å². The van der Waals surface area contributed by atoms with Crippen molar-refractivity contribution < 1.29 is 14.0 Å². The Labute approximate surface area is 148 Å². The first-order valence-electron chi connectivity index (χ1n) is 8.96. The van der Waals surface area contributed by atoms with Gasteiger partial charge in [0.25, 0.3) is 0 Å². The molecule has 134 valence electrons. The number of carbonyl (C=O) groups is 2. The minimum atomic E-state index is -0.428. The number of benzene rings is 1. The molecule has 4 nitrogen and oxygen atoms in total. The monoisotopic (exact) mass is 344 g/mol. The van der Waals surface area contributed by atoms with Crippen LogP contribution in [0, 0.1) is 11.2 Å². The number of rotatable bonds is 5. The summed E-state index contributed by atoms with van der Waals surface area (Å²) in [6.45, 7) is 6.07. The van der Waals surface area contributed by atoms with E-state index < -0.39 is 5.41 Å². The smallest absolute Gasteiger partial charge is 0.230 e. The van der Waals surface area contributed by atoms with Gasteiger partial charge in [0.15, 0.2) is 0 Å². The van der Waals surface area contributed by atoms with Gasteiger partial charge in [0, 0.05) is 32.6 Å². The fourth-order valence-electron chi connectivity index (χ4n) is 3.96. The lowest BCUT2D eigenvalue weighted by molar-refractivity contribution is -0.146. The van der Waals surface area contributed by atoms with Crippen LogP contribution in [0.4, 0.5) is 4.39 Å². The molecule has 2 fully saturated rings. The van der Waals surface area contributed by atoms with Gasteiger partial charge >= 0.3 is 0 Å². The van der Waals surface area contributed by atoms with E-state index in [0.29, 0.717) is 32.5 Å². The molecule has 0 unspecified atom stereocenters. The molecule has 0 N–H and O–H groups in total. The molecule has 1 aromatic rings. The summed E-state index contributed by atoms with van der Waals surface area (Å²) in [5.74, 6) is -0.0167. The van der Waals surface area contributed by atoms with Gasteiger partial charge < -0.3 is 9.80 Å². The van der Waals surface area contributed by atoms with Crippen LogP contribution in [0.15, 0.2) is 36.9 Å². The predicted octanol–water partition coefficient (Wildman–Crippen LogP) is 3.13. The van der Waals surface area contributed by atoms with Crippen molar-refractivity contribution in [2.45, 2.75) is 38.6 Å². The molecule has 0 aliphatic carbocycles. The van der Waals surface area contributed by atoms with E-state index in [1.807, 2.05) is 9.80 Å². The lowest BCUT2D eigenvalue weighted by Gasteiger charge is -2.39. The molecule has 2 amide bonds. The normalized spacial score (nSPS) is 23.3. The van der Waals surface area contributed by atoms with Crippen LogP contribution in [0.2, 0.25) is 0 Å². The highest BCUT2D eigenvalue weighted by Crippen LogP contribution is 2.40. The van der Waals surface area contributed by atoms with E-state index in [4.69, 9.17) is 0 Å². The molecule has 1 spiro atoms. The van der Waals surface area contributed by atoms with Gasteiger partial charge in [-0.05, 0) is 43.4 Å². The third kappa shape index (κ3) is 3.75. The first-order chi connectivity index (χ1) is 12.0. The van der Waals surface area contributed by atoms with Crippen molar-refractivity contribution >= 4 is 11.8 Å². The second-order valence-corrected chi connectivity index (χ2v) is 7.13. The summed E-state index contributed by atoms with van der Waals surface area (Å²) < 4.78 is 13.1. The van der Waals surface area contributed by atoms with Crippen LogP contribution >= 0.6 is 0 Å². The third-order valence-corrected chi connectivity index (χ3v) is 5.38. The Hall–Kier alpha value is -2.17. The number of piperidine rings is 1. The Morgan fingerprint density at radius 2 is 2.00 bits per heavy atom. The highest BCUT2D eigenvalue weighted by molar-refractivity contribution is 5.86. The first kappa shape index (κ1) is 17.6. The van der Waals surface area contributed by atoms with Gasteiger partial charge in [-0.25, -0.2) is 4.39 Å². The predicted molar refractivity (Wildman–Crippen MR) is 94.1 cm³/mol. The average molecular weight is 344 g/mol. The van der Waals surface area contributed by atoms with E-state index in [-0.39, 0.29) is 17.6 Å². The topological polar surface area (TPSA) is 40.6 Å². The van der Waals surface area contributed by atoms with Crippen molar-refractivity contribution in [3.63, 3.8) is 0 Å². The van der Waals surface area contributed by atoms with Crippen molar-refractivity contribution in [3.05, 3.63) is 48.3 Å². The average Bonchev–Trinajstić information content (AvgIpc) is 3.04. The van der Waals surface area contributed by atoms with Gasteiger partial charge in [0.2, 0.25) is 11.8 Å². The van der Waals surface area contributed by atoms with Crippen molar-refractivity contribution in [3.8, 4) is 0 Å². The fourth-order valence-corrected chi connectivity index (χ4v) is 3.96. The molecule has 0 saturated carbocycles. The van der Waals surface area contributed by atoms with Crippen LogP contribution in [0.3, 0.4) is 0 Å². The van der Waals surface area contributed by atoms with E-state index in [1.165, 1.54) is 12.1 Å². The number of hydrogen-bond donors (Lipinski definition) is 0. The molecular formula is C20H25FN2O2. The van der Waals surface area contributed by atoms with Gasteiger partial charge in [0.1, 0.15) is 5.82 Å². The van der Waals surface area contributed by atoms with Crippen molar-refractivity contribution in [1.82, 2.24) is 9.80 Å². The second-order valence-electron chi connectivity index (χ2n) is 7.13. The van der Waals surface area contributed by atoms with Crippen LogP contribution in [-0.2, 0) is 16.1 Å². The molecule has 0 aromatic heterocycles. The molecule has 2 saturated heterocycles. The second kappa shape index (κ2) is 7.38. The first-order valence-corrected chi connectivity index (χ1v) is 8.96. The van der Waals surface area contributed by atoms with Crippen molar-refractivity contribution in [2.24, 2.45) is 5.41 Å². The number of nitrogens with zero attached hydrogens (tertiary/aromatic N) is 2. The Morgan fingerprint density at radius 3 is 2.72 bits per heavy atom. The minimum absolute atomic E-state index is 0.111. The zero-order valence-electron chi connectivity index (χ0n) is 14.5. The zero-order valence-corrected chi connectivity index (χ0v) is 14.5. The number of halogens is 1. The molecule has 0 bridgehead atoms. The van der Waals surface area contributed by atoms with Gasteiger partial charge in [-0.15, -0.1) is 6.58 Å². The SMILES string of the molecule is C=CCCC(=O)N1CC[C@]2(CCCN(Cc3ccc(F)cc3)C2=O)C1. The molecule has 1 aromatic carbocycles. The van der Waals surface area contributed by atoms with Crippen LogP contribution < -0.4 is 0 Å². The maximum Gasteiger partial charge on any atom is 0.230 e. The molecule has 25 heavy (non-hydrogen) atoms. The number of allylic oxidation sites excluding steroid dienone is 1. The molecular weight excluding hydrogens is 319 g/mol. The van der Waals surface area contributed by atoms with Crippen LogP contribution in [0.1, 0.15) is 37.7 Å². The molecule has 5 heteroatoms.